The highest BCUT2D eigenvalue weighted by Gasteiger charge is 2.21. The van der Waals surface area contributed by atoms with Gasteiger partial charge in [-0.15, -0.1) is 0 Å². The van der Waals surface area contributed by atoms with Crippen LogP contribution in [0.15, 0.2) is 45.3 Å². The Morgan fingerprint density at radius 1 is 1.20 bits per heavy atom. The molecule has 102 valence electrons. The number of fused-ring (bicyclic) bond motifs is 1. The first-order valence-corrected chi connectivity index (χ1v) is 7.92. The number of carbonyl (C=O) groups excluding carboxylic acids is 1. The molecule has 2 nitrogen and oxygen atoms in total. The van der Waals surface area contributed by atoms with E-state index in [-0.39, 0.29) is 11.9 Å². The van der Waals surface area contributed by atoms with Crippen LogP contribution < -0.4 is 4.74 Å². The minimum Gasteiger partial charge on any atom is -0.490 e. The van der Waals surface area contributed by atoms with Gasteiger partial charge in [-0.1, -0.05) is 31.9 Å². The van der Waals surface area contributed by atoms with Crippen molar-refractivity contribution in [2.45, 2.75) is 19.4 Å². The van der Waals surface area contributed by atoms with Crippen LogP contribution in [0.5, 0.6) is 5.75 Å². The van der Waals surface area contributed by atoms with E-state index in [0.717, 1.165) is 26.7 Å². The van der Waals surface area contributed by atoms with Crippen molar-refractivity contribution < 1.29 is 9.53 Å². The molecule has 0 saturated carbocycles. The second-order valence-corrected chi connectivity index (χ2v) is 6.68. The van der Waals surface area contributed by atoms with Gasteiger partial charge in [0, 0.05) is 26.5 Å². The standard InChI is InChI=1S/C16H12Br2O2/c1-9-6-11-7-10(2-5-15(11)20-9)16(19)13-8-12(17)3-4-14(13)18/h2-5,7-9H,6H2,1H3. The Labute approximate surface area is 134 Å². The quantitative estimate of drug-likeness (QED) is 0.685. The first-order chi connectivity index (χ1) is 9.54. The lowest BCUT2D eigenvalue weighted by atomic mass is 10.00. The van der Waals surface area contributed by atoms with E-state index in [4.69, 9.17) is 4.74 Å². The van der Waals surface area contributed by atoms with Gasteiger partial charge < -0.3 is 4.74 Å². The van der Waals surface area contributed by atoms with E-state index < -0.39 is 0 Å². The average Bonchev–Trinajstić information content (AvgIpc) is 2.79. The number of hydrogen-bond acceptors (Lipinski definition) is 2. The second kappa shape index (κ2) is 5.34. The summed E-state index contributed by atoms with van der Waals surface area (Å²) in [6, 6.07) is 11.3. The maximum atomic E-state index is 12.6. The number of carbonyl (C=O) groups is 1. The van der Waals surface area contributed by atoms with Crippen LogP contribution in [0.25, 0.3) is 0 Å². The molecule has 0 bridgehead atoms. The molecule has 1 unspecified atom stereocenters. The van der Waals surface area contributed by atoms with Crippen molar-refractivity contribution in [1.29, 1.82) is 0 Å². The van der Waals surface area contributed by atoms with Crippen molar-refractivity contribution in [2.75, 3.05) is 0 Å². The van der Waals surface area contributed by atoms with Crippen LogP contribution in [0, 0.1) is 0 Å². The molecule has 2 aromatic rings. The molecular weight excluding hydrogens is 384 g/mol. The van der Waals surface area contributed by atoms with E-state index in [1.807, 2.05) is 43.3 Å². The molecule has 1 heterocycles. The molecule has 20 heavy (non-hydrogen) atoms. The van der Waals surface area contributed by atoms with Gasteiger partial charge in [-0.2, -0.15) is 0 Å². The summed E-state index contributed by atoms with van der Waals surface area (Å²) in [4.78, 5) is 12.6. The summed E-state index contributed by atoms with van der Waals surface area (Å²) in [7, 11) is 0. The van der Waals surface area contributed by atoms with Gasteiger partial charge in [0.2, 0.25) is 0 Å². The number of ether oxygens (including phenoxy) is 1. The molecule has 1 atom stereocenters. The Kier molecular flexibility index (Phi) is 3.69. The molecule has 0 radical (unpaired) electrons. The summed E-state index contributed by atoms with van der Waals surface area (Å²) in [6.45, 7) is 2.03. The Morgan fingerprint density at radius 3 is 2.80 bits per heavy atom. The first kappa shape index (κ1) is 13.8. The molecule has 0 spiro atoms. The van der Waals surface area contributed by atoms with Crippen molar-refractivity contribution >= 4 is 37.6 Å². The summed E-state index contributed by atoms with van der Waals surface area (Å²) in [5.74, 6) is 0.905. The van der Waals surface area contributed by atoms with E-state index in [0.29, 0.717) is 11.1 Å². The lowest BCUT2D eigenvalue weighted by Crippen LogP contribution is -2.05. The maximum Gasteiger partial charge on any atom is 0.194 e. The lowest BCUT2D eigenvalue weighted by Gasteiger charge is -2.06. The van der Waals surface area contributed by atoms with Crippen LogP contribution >= 0.6 is 31.9 Å². The minimum atomic E-state index is 0.0144. The molecule has 0 saturated heterocycles. The van der Waals surface area contributed by atoms with Gasteiger partial charge in [-0.05, 0) is 48.9 Å². The summed E-state index contributed by atoms with van der Waals surface area (Å²) in [5.41, 5.74) is 2.46. The van der Waals surface area contributed by atoms with E-state index in [1.165, 1.54) is 0 Å². The van der Waals surface area contributed by atoms with Crippen molar-refractivity contribution in [3.63, 3.8) is 0 Å². The van der Waals surface area contributed by atoms with Gasteiger partial charge in [0.1, 0.15) is 11.9 Å². The fourth-order valence-corrected chi connectivity index (χ4v) is 3.18. The number of ketones is 1. The smallest absolute Gasteiger partial charge is 0.194 e. The van der Waals surface area contributed by atoms with Crippen molar-refractivity contribution in [2.24, 2.45) is 0 Å². The van der Waals surface area contributed by atoms with Gasteiger partial charge in [0.25, 0.3) is 0 Å². The monoisotopic (exact) mass is 394 g/mol. The molecule has 4 heteroatoms. The maximum absolute atomic E-state index is 12.6. The molecule has 0 N–H and O–H groups in total. The van der Waals surface area contributed by atoms with Crippen molar-refractivity contribution in [3.05, 3.63) is 62.0 Å². The second-order valence-electron chi connectivity index (χ2n) is 4.91. The highest BCUT2D eigenvalue weighted by atomic mass is 79.9. The van der Waals surface area contributed by atoms with E-state index in [2.05, 4.69) is 31.9 Å². The van der Waals surface area contributed by atoms with Gasteiger partial charge in [0.05, 0.1) is 0 Å². The van der Waals surface area contributed by atoms with Gasteiger partial charge in [-0.25, -0.2) is 0 Å². The van der Waals surface area contributed by atoms with Crippen LogP contribution in [0.3, 0.4) is 0 Å². The first-order valence-electron chi connectivity index (χ1n) is 6.34. The zero-order chi connectivity index (χ0) is 14.3. The number of halogens is 2. The SMILES string of the molecule is CC1Cc2cc(C(=O)c3cc(Br)ccc3Br)ccc2O1. The molecule has 0 fully saturated rings. The normalized spacial score (nSPS) is 16.6. The zero-order valence-electron chi connectivity index (χ0n) is 10.8. The predicted molar refractivity (Wildman–Crippen MR) is 85.5 cm³/mol. The highest BCUT2D eigenvalue weighted by Crippen LogP contribution is 2.31. The Balaban J connectivity index is 1.99. The third-order valence-corrected chi connectivity index (χ3v) is 4.52. The molecule has 3 rings (SSSR count). The third-order valence-electron chi connectivity index (χ3n) is 3.33. The molecule has 1 aliphatic heterocycles. The van der Waals surface area contributed by atoms with Crippen LogP contribution in [0.2, 0.25) is 0 Å². The highest BCUT2D eigenvalue weighted by molar-refractivity contribution is 9.11. The van der Waals surface area contributed by atoms with E-state index in [1.54, 1.807) is 0 Å². The topological polar surface area (TPSA) is 26.3 Å². The summed E-state index contributed by atoms with van der Waals surface area (Å²) in [6.07, 6.45) is 1.05. The largest absolute Gasteiger partial charge is 0.490 e. The summed E-state index contributed by atoms with van der Waals surface area (Å²) >= 11 is 6.84. The zero-order valence-corrected chi connectivity index (χ0v) is 14.0. The molecule has 2 aromatic carbocycles. The fraction of sp³-hybridized carbons (Fsp3) is 0.188. The minimum absolute atomic E-state index is 0.0144. The van der Waals surface area contributed by atoms with Crippen LogP contribution in [-0.2, 0) is 6.42 Å². The molecular formula is C16H12Br2O2. The molecule has 0 amide bonds. The summed E-state index contributed by atoms with van der Waals surface area (Å²) < 4.78 is 7.35. The van der Waals surface area contributed by atoms with E-state index >= 15 is 0 Å². The van der Waals surface area contributed by atoms with E-state index in [9.17, 15) is 4.79 Å². The van der Waals surface area contributed by atoms with Crippen LogP contribution in [0.4, 0.5) is 0 Å². The Hall–Kier alpha value is -1.13. The predicted octanol–water partition coefficient (Wildman–Crippen LogP) is 4.77. The number of hydrogen-bond donors (Lipinski definition) is 0. The van der Waals surface area contributed by atoms with Crippen LogP contribution in [-0.4, -0.2) is 11.9 Å². The van der Waals surface area contributed by atoms with Crippen molar-refractivity contribution in [3.8, 4) is 5.75 Å². The number of benzene rings is 2. The molecule has 0 aliphatic carbocycles. The average molecular weight is 396 g/mol. The molecule has 1 aliphatic rings. The summed E-state index contributed by atoms with van der Waals surface area (Å²) in [5, 5.41) is 0. The van der Waals surface area contributed by atoms with Crippen LogP contribution in [0.1, 0.15) is 28.4 Å². The Bertz CT molecular complexity index is 695. The number of rotatable bonds is 2. The fourth-order valence-electron chi connectivity index (χ4n) is 2.39. The lowest BCUT2D eigenvalue weighted by molar-refractivity contribution is 0.103. The van der Waals surface area contributed by atoms with Gasteiger partial charge in [-0.3, -0.25) is 4.79 Å². The van der Waals surface area contributed by atoms with Gasteiger partial charge >= 0.3 is 0 Å². The van der Waals surface area contributed by atoms with Gasteiger partial charge in [0.15, 0.2) is 5.78 Å². The Morgan fingerprint density at radius 2 is 2.00 bits per heavy atom. The third kappa shape index (κ3) is 2.54. The molecule has 0 aromatic heterocycles. The van der Waals surface area contributed by atoms with Crippen molar-refractivity contribution in [1.82, 2.24) is 0 Å².